The van der Waals surface area contributed by atoms with Crippen LogP contribution in [0.1, 0.15) is 11.3 Å². The second-order valence-electron chi connectivity index (χ2n) is 5.49. The lowest BCUT2D eigenvalue weighted by Gasteiger charge is -2.06. The molecule has 6 heteroatoms. The van der Waals surface area contributed by atoms with Crippen molar-refractivity contribution >= 4 is 22.6 Å². The minimum absolute atomic E-state index is 0.213. The number of carbonyl (C=O) groups excluding carboxylic acids is 1. The summed E-state index contributed by atoms with van der Waals surface area (Å²) >= 11 is 0. The van der Waals surface area contributed by atoms with Gasteiger partial charge in [0.25, 0.3) is 5.91 Å². The highest BCUT2D eigenvalue weighted by Crippen LogP contribution is 2.24. The van der Waals surface area contributed by atoms with Crippen LogP contribution in [-0.2, 0) is 18.4 Å². The molecule has 0 fully saturated rings. The first-order chi connectivity index (χ1) is 12.1. The highest BCUT2D eigenvalue weighted by atomic mass is 16.3. The van der Waals surface area contributed by atoms with Crippen molar-refractivity contribution in [2.75, 3.05) is 0 Å². The molecule has 0 aliphatic heterocycles. The van der Waals surface area contributed by atoms with Crippen molar-refractivity contribution in [1.29, 1.82) is 5.26 Å². The Hall–Kier alpha value is -3.59. The Morgan fingerprint density at radius 2 is 1.88 bits per heavy atom. The van der Waals surface area contributed by atoms with E-state index in [1.165, 1.54) is 0 Å². The van der Waals surface area contributed by atoms with Gasteiger partial charge in [-0.1, -0.05) is 48.5 Å². The summed E-state index contributed by atoms with van der Waals surface area (Å²) in [5.41, 5.74) is 1.55. The molecule has 0 aliphatic rings. The quantitative estimate of drug-likeness (QED) is 0.436. The predicted molar refractivity (Wildman–Crippen MR) is 94.2 cm³/mol. The van der Waals surface area contributed by atoms with E-state index in [4.69, 9.17) is 0 Å². The zero-order valence-electron chi connectivity index (χ0n) is 13.6. The molecule has 0 aliphatic carbocycles. The Kier molecular flexibility index (Phi) is 4.48. The van der Waals surface area contributed by atoms with E-state index >= 15 is 0 Å². The molecule has 0 bridgehead atoms. The number of aliphatic hydroxyl groups excluding tert-OH is 1. The maximum atomic E-state index is 12.3. The molecule has 25 heavy (non-hydrogen) atoms. The smallest absolute Gasteiger partial charge is 0.266 e. The molecule has 3 aromatic rings. The zero-order valence-corrected chi connectivity index (χ0v) is 13.6. The molecule has 6 nitrogen and oxygen atoms in total. The molecule has 0 atom stereocenters. The number of hydrogen-bond acceptors (Lipinski definition) is 4. The minimum atomic E-state index is -0.640. The van der Waals surface area contributed by atoms with Gasteiger partial charge in [-0.25, -0.2) is 0 Å². The molecule has 3 rings (SSSR count). The van der Waals surface area contributed by atoms with Crippen molar-refractivity contribution in [3.05, 3.63) is 71.4 Å². The van der Waals surface area contributed by atoms with Crippen LogP contribution in [0.4, 0.5) is 0 Å². The summed E-state index contributed by atoms with van der Waals surface area (Å²) in [4.78, 5) is 12.3. The first-order valence-electron chi connectivity index (χ1n) is 7.69. The van der Waals surface area contributed by atoms with E-state index < -0.39 is 11.7 Å². The number of fused-ring (bicyclic) bond motifs is 1. The average Bonchev–Trinajstić information content (AvgIpc) is 2.98. The highest BCUT2D eigenvalue weighted by molar-refractivity contribution is 6.05. The van der Waals surface area contributed by atoms with Crippen LogP contribution in [0.2, 0.25) is 0 Å². The Bertz CT molecular complexity index is 997. The normalized spacial score (nSPS) is 11.7. The highest BCUT2D eigenvalue weighted by Gasteiger charge is 2.20. The summed E-state index contributed by atoms with van der Waals surface area (Å²) in [6.45, 7) is 0.265. The van der Waals surface area contributed by atoms with Crippen LogP contribution in [0.15, 0.2) is 60.2 Å². The fraction of sp³-hybridized carbons (Fsp3) is 0.105. The number of nitrogens with one attached hydrogen (secondary N) is 1. The number of amides is 1. The van der Waals surface area contributed by atoms with E-state index in [9.17, 15) is 15.2 Å². The number of nitriles is 1. The molecule has 0 spiro atoms. The van der Waals surface area contributed by atoms with E-state index in [1.54, 1.807) is 23.9 Å². The summed E-state index contributed by atoms with van der Waals surface area (Å²) in [7, 11) is 1.74. The van der Waals surface area contributed by atoms with Gasteiger partial charge in [0.05, 0.1) is 5.52 Å². The topological polar surface area (TPSA) is 90.9 Å². The lowest BCUT2D eigenvalue weighted by atomic mass is 10.1. The summed E-state index contributed by atoms with van der Waals surface area (Å²) in [6.07, 6.45) is 0. The lowest BCUT2D eigenvalue weighted by Crippen LogP contribution is -2.25. The van der Waals surface area contributed by atoms with Crippen LogP contribution in [0.5, 0.6) is 0 Å². The maximum absolute atomic E-state index is 12.3. The first kappa shape index (κ1) is 16.3. The molecule has 0 unspecified atom stereocenters. The van der Waals surface area contributed by atoms with Gasteiger partial charge in [-0.05, 0) is 11.6 Å². The molecule has 1 amide bonds. The zero-order chi connectivity index (χ0) is 17.8. The van der Waals surface area contributed by atoms with Crippen LogP contribution in [0.3, 0.4) is 0 Å². The standard InChI is InChI=1S/C19H16N4O2/c1-23-16-10-6-5-9-14(16)17(22-23)18(24)15(11-20)19(25)21-12-13-7-3-2-4-8-13/h2-10,24H,12H2,1H3,(H,21,25)/b18-15+. The monoisotopic (exact) mass is 332 g/mol. The van der Waals surface area contributed by atoms with Gasteiger partial charge in [0, 0.05) is 19.0 Å². The van der Waals surface area contributed by atoms with Crippen molar-refractivity contribution in [1.82, 2.24) is 15.1 Å². The van der Waals surface area contributed by atoms with Gasteiger partial charge in [0.2, 0.25) is 0 Å². The fourth-order valence-electron chi connectivity index (χ4n) is 2.58. The number of aliphatic hydroxyl groups is 1. The van der Waals surface area contributed by atoms with Gasteiger partial charge in [-0.3, -0.25) is 9.48 Å². The molecule has 1 heterocycles. The van der Waals surface area contributed by atoms with Crippen molar-refractivity contribution in [3.8, 4) is 6.07 Å². The number of nitrogens with zero attached hydrogens (tertiary/aromatic N) is 3. The molecule has 2 N–H and O–H groups in total. The van der Waals surface area contributed by atoms with Gasteiger partial charge >= 0.3 is 0 Å². The largest absolute Gasteiger partial charge is 0.504 e. The fourth-order valence-corrected chi connectivity index (χ4v) is 2.58. The molecular weight excluding hydrogens is 316 g/mol. The number of rotatable bonds is 4. The molecule has 0 saturated heterocycles. The van der Waals surface area contributed by atoms with E-state index in [1.807, 2.05) is 48.5 Å². The number of aryl methyl sites for hydroxylation is 1. The summed E-state index contributed by atoms with van der Waals surface area (Å²) in [5, 5.41) is 27.4. The molecule has 0 radical (unpaired) electrons. The third-order valence-corrected chi connectivity index (χ3v) is 3.85. The molecule has 0 saturated carbocycles. The van der Waals surface area contributed by atoms with Crippen LogP contribution in [0.25, 0.3) is 16.7 Å². The molecular formula is C19H16N4O2. The van der Waals surface area contributed by atoms with E-state index in [0.717, 1.165) is 11.1 Å². The van der Waals surface area contributed by atoms with E-state index in [0.29, 0.717) is 5.39 Å². The van der Waals surface area contributed by atoms with Crippen molar-refractivity contribution in [2.24, 2.45) is 7.05 Å². The van der Waals surface area contributed by atoms with E-state index in [2.05, 4.69) is 10.4 Å². The van der Waals surface area contributed by atoms with Gasteiger partial charge in [0.15, 0.2) is 11.3 Å². The van der Waals surface area contributed by atoms with Crippen LogP contribution in [0, 0.1) is 11.3 Å². The number of para-hydroxylation sites is 1. The first-order valence-corrected chi connectivity index (χ1v) is 7.69. The van der Waals surface area contributed by atoms with Crippen LogP contribution in [-0.4, -0.2) is 20.8 Å². The molecule has 2 aromatic carbocycles. The van der Waals surface area contributed by atoms with Gasteiger partial charge in [-0.2, -0.15) is 10.4 Å². The maximum Gasteiger partial charge on any atom is 0.266 e. The van der Waals surface area contributed by atoms with Gasteiger partial charge in [-0.15, -0.1) is 0 Å². The number of aromatic nitrogens is 2. The Balaban J connectivity index is 1.92. The number of carbonyl (C=O) groups is 1. The lowest BCUT2D eigenvalue weighted by molar-refractivity contribution is -0.117. The second-order valence-corrected chi connectivity index (χ2v) is 5.49. The van der Waals surface area contributed by atoms with Crippen LogP contribution >= 0.6 is 0 Å². The molecule has 1 aromatic heterocycles. The average molecular weight is 332 g/mol. The second kappa shape index (κ2) is 6.89. The minimum Gasteiger partial charge on any atom is -0.504 e. The number of hydrogen-bond donors (Lipinski definition) is 2. The van der Waals surface area contributed by atoms with E-state index in [-0.39, 0.29) is 17.8 Å². The predicted octanol–water partition coefficient (Wildman–Crippen LogP) is 2.68. The molecule has 124 valence electrons. The third kappa shape index (κ3) is 3.21. The van der Waals surface area contributed by atoms with Crippen molar-refractivity contribution < 1.29 is 9.90 Å². The SMILES string of the molecule is Cn1nc(/C(O)=C(/C#N)C(=O)NCc2ccccc2)c2ccccc21. The Labute approximate surface area is 144 Å². The summed E-state index contributed by atoms with van der Waals surface area (Å²) in [5.74, 6) is -1.07. The van der Waals surface area contributed by atoms with Crippen molar-refractivity contribution in [2.45, 2.75) is 6.54 Å². The van der Waals surface area contributed by atoms with Gasteiger partial charge in [0.1, 0.15) is 11.8 Å². The summed E-state index contributed by atoms with van der Waals surface area (Å²) in [6, 6.07) is 18.4. The Morgan fingerprint density at radius 1 is 1.20 bits per heavy atom. The summed E-state index contributed by atoms with van der Waals surface area (Å²) < 4.78 is 1.59. The van der Waals surface area contributed by atoms with Crippen LogP contribution < -0.4 is 5.32 Å². The number of benzene rings is 2. The Morgan fingerprint density at radius 3 is 2.60 bits per heavy atom. The van der Waals surface area contributed by atoms with Crippen molar-refractivity contribution in [3.63, 3.8) is 0 Å². The van der Waals surface area contributed by atoms with Gasteiger partial charge < -0.3 is 10.4 Å². The third-order valence-electron chi connectivity index (χ3n) is 3.85.